The molecule has 1 amide bonds. The van der Waals surface area contributed by atoms with Crippen molar-refractivity contribution in [2.45, 2.75) is 25.5 Å². The Morgan fingerprint density at radius 1 is 1.55 bits per heavy atom. The lowest BCUT2D eigenvalue weighted by Gasteiger charge is -2.34. The van der Waals surface area contributed by atoms with Gasteiger partial charge in [0, 0.05) is 29.6 Å². The number of nitrogens with zero attached hydrogens (tertiary/aromatic N) is 1. The summed E-state index contributed by atoms with van der Waals surface area (Å²) in [5.74, 6) is 0.0790. The maximum atomic E-state index is 12.0. The molecule has 2 N–H and O–H groups in total. The molecule has 0 saturated carbocycles. The second kappa shape index (κ2) is 7.84. The summed E-state index contributed by atoms with van der Waals surface area (Å²) in [6.45, 7) is 3.52. The van der Waals surface area contributed by atoms with Crippen LogP contribution in [-0.2, 0) is 9.53 Å². The van der Waals surface area contributed by atoms with Crippen LogP contribution in [-0.4, -0.2) is 36.5 Å². The molecule has 1 aliphatic rings. The normalized spacial score (nSPS) is 20.1. The predicted octanol–water partition coefficient (Wildman–Crippen LogP) is 2.40. The standard InChI is InChI=1S/C14H19ClN2O2.ClH/c1-10(16)8-14(18)17-6-7-19-13(9-17)11-4-2-3-5-12(11)15;/h2-5,10,13H,6-9,16H2,1H3;1H. The third kappa shape index (κ3) is 4.35. The fourth-order valence-corrected chi connectivity index (χ4v) is 2.46. The molecule has 1 aliphatic heterocycles. The number of carbonyl (C=O) groups excluding carboxylic acids is 1. The van der Waals surface area contributed by atoms with Crippen molar-refractivity contribution in [1.82, 2.24) is 4.90 Å². The van der Waals surface area contributed by atoms with Gasteiger partial charge in [-0.1, -0.05) is 29.8 Å². The van der Waals surface area contributed by atoms with Crippen molar-refractivity contribution in [2.75, 3.05) is 19.7 Å². The minimum absolute atomic E-state index is 0. The summed E-state index contributed by atoms with van der Waals surface area (Å²) in [6.07, 6.45) is 0.217. The van der Waals surface area contributed by atoms with Gasteiger partial charge in [-0.25, -0.2) is 0 Å². The molecule has 112 valence electrons. The smallest absolute Gasteiger partial charge is 0.224 e. The zero-order valence-electron chi connectivity index (χ0n) is 11.4. The Labute approximate surface area is 130 Å². The van der Waals surface area contributed by atoms with Crippen LogP contribution in [0.2, 0.25) is 5.02 Å². The molecule has 6 heteroatoms. The Balaban J connectivity index is 0.00000200. The minimum Gasteiger partial charge on any atom is -0.370 e. The summed E-state index contributed by atoms with van der Waals surface area (Å²) in [5.41, 5.74) is 6.60. The average molecular weight is 319 g/mol. The topological polar surface area (TPSA) is 55.6 Å². The largest absolute Gasteiger partial charge is 0.370 e. The van der Waals surface area contributed by atoms with Crippen LogP contribution in [0.3, 0.4) is 0 Å². The molecular formula is C14H20Cl2N2O2. The Morgan fingerprint density at radius 2 is 2.25 bits per heavy atom. The van der Waals surface area contributed by atoms with Gasteiger partial charge in [0.05, 0.1) is 13.2 Å². The van der Waals surface area contributed by atoms with E-state index in [4.69, 9.17) is 22.1 Å². The molecule has 4 nitrogen and oxygen atoms in total. The zero-order valence-corrected chi connectivity index (χ0v) is 13.0. The first kappa shape index (κ1) is 17.2. The zero-order chi connectivity index (χ0) is 13.8. The van der Waals surface area contributed by atoms with Crippen molar-refractivity contribution < 1.29 is 9.53 Å². The summed E-state index contributed by atoms with van der Waals surface area (Å²) in [6, 6.07) is 7.46. The van der Waals surface area contributed by atoms with E-state index in [0.717, 1.165) is 5.56 Å². The molecule has 0 spiro atoms. The van der Waals surface area contributed by atoms with Gasteiger partial charge in [-0.15, -0.1) is 12.4 Å². The van der Waals surface area contributed by atoms with E-state index in [1.54, 1.807) is 4.90 Å². The number of halogens is 2. The second-order valence-electron chi connectivity index (χ2n) is 4.90. The molecule has 1 aromatic carbocycles. The molecule has 2 unspecified atom stereocenters. The minimum atomic E-state index is -0.153. The first-order valence-corrected chi connectivity index (χ1v) is 6.85. The number of hydrogen-bond donors (Lipinski definition) is 1. The van der Waals surface area contributed by atoms with Crippen molar-refractivity contribution in [3.63, 3.8) is 0 Å². The molecule has 1 aromatic rings. The van der Waals surface area contributed by atoms with Crippen LogP contribution in [0.15, 0.2) is 24.3 Å². The van der Waals surface area contributed by atoms with Crippen molar-refractivity contribution >= 4 is 29.9 Å². The molecule has 0 bridgehead atoms. The highest BCUT2D eigenvalue weighted by Gasteiger charge is 2.26. The molecule has 1 fully saturated rings. The monoisotopic (exact) mass is 318 g/mol. The number of ether oxygens (including phenoxy) is 1. The molecule has 2 rings (SSSR count). The Bertz CT molecular complexity index is 455. The van der Waals surface area contributed by atoms with Crippen LogP contribution in [0.5, 0.6) is 0 Å². The second-order valence-corrected chi connectivity index (χ2v) is 5.31. The van der Waals surface area contributed by atoms with Crippen molar-refractivity contribution in [3.8, 4) is 0 Å². The van der Waals surface area contributed by atoms with E-state index in [1.165, 1.54) is 0 Å². The summed E-state index contributed by atoms with van der Waals surface area (Å²) < 4.78 is 5.72. The highest BCUT2D eigenvalue weighted by molar-refractivity contribution is 6.31. The maximum absolute atomic E-state index is 12.0. The lowest BCUT2D eigenvalue weighted by Crippen LogP contribution is -2.43. The maximum Gasteiger partial charge on any atom is 0.224 e. The SMILES string of the molecule is CC(N)CC(=O)N1CCOC(c2ccccc2Cl)C1.Cl. The molecule has 20 heavy (non-hydrogen) atoms. The van der Waals surface area contributed by atoms with E-state index >= 15 is 0 Å². The predicted molar refractivity (Wildman–Crippen MR) is 82.2 cm³/mol. The van der Waals surface area contributed by atoms with Crippen LogP contribution in [0, 0.1) is 0 Å². The first-order valence-electron chi connectivity index (χ1n) is 6.47. The highest BCUT2D eigenvalue weighted by Crippen LogP contribution is 2.28. The van der Waals surface area contributed by atoms with Gasteiger partial charge in [-0.3, -0.25) is 4.79 Å². The third-order valence-corrected chi connectivity index (χ3v) is 3.51. The first-order chi connectivity index (χ1) is 9.08. The highest BCUT2D eigenvalue weighted by atomic mass is 35.5. The third-order valence-electron chi connectivity index (χ3n) is 3.17. The van der Waals surface area contributed by atoms with Gasteiger partial charge in [0.1, 0.15) is 6.10 Å². The van der Waals surface area contributed by atoms with Crippen LogP contribution in [0.1, 0.15) is 25.0 Å². The van der Waals surface area contributed by atoms with E-state index in [-0.39, 0.29) is 30.5 Å². The molecule has 2 atom stereocenters. The molecule has 1 heterocycles. The van der Waals surface area contributed by atoms with Gasteiger partial charge in [0.15, 0.2) is 0 Å². The van der Waals surface area contributed by atoms with E-state index < -0.39 is 0 Å². The van der Waals surface area contributed by atoms with E-state index in [9.17, 15) is 4.79 Å². The van der Waals surface area contributed by atoms with Gasteiger partial charge >= 0.3 is 0 Å². The number of carbonyl (C=O) groups is 1. The van der Waals surface area contributed by atoms with Crippen LogP contribution >= 0.6 is 24.0 Å². The Hall–Kier alpha value is -0.810. The average Bonchev–Trinajstić information content (AvgIpc) is 2.38. The van der Waals surface area contributed by atoms with Crippen molar-refractivity contribution in [3.05, 3.63) is 34.9 Å². The number of benzene rings is 1. The Kier molecular flexibility index (Phi) is 6.76. The summed E-state index contributed by atoms with van der Waals surface area (Å²) in [5, 5.41) is 0.675. The summed E-state index contributed by atoms with van der Waals surface area (Å²) in [4.78, 5) is 13.8. The van der Waals surface area contributed by atoms with E-state index in [2.05, 4.69) is 0 Å². The molecule has 0 aromatic heterocycles. The van der Waals surface area contributed by atoms with Gasteiger partial charge < -0.3 is 15.4 Å². The van der Waals surface area contributed by atoms with Crippen LogP contribution < -0.4 is 5.73 Å². The summed E-state index contributed by atoms with van der Waals surface area (Å²) >= 11 is 6.17. The van der Waals surface area contributed by atoms with Crippen LogP contribution in [0.4, 0.5) is 0 Å². The number of rotatable bonds is 3. The van der Waals surface area contributed by atoms with Crippen molar-refractivity contribution in [1.29, 1.82) is 0 Å². The van der Waals surface area contributed by atoms with E-state index in [1.807, 2.05) is 31.2 Å². The number of nitrogens with two attached hydrogens (primary N) is 1. The molecule has 1 saturated heterocycles. The molecular weight excluding hydrogens is 299 g/mol. The lowest BCUT2D eigenvalue weighted by atomic mass is 10.1. The van der Waals surface area contributed by atoms with Crippen LogP contribution in [0.25, 0.3) is 0 Å². The van der Waals surface area contributed by atoms with E-state index in [0.29, 0.717) is 31.1 Å². The molecule has 0 aliphatic carbocycles. The number of hydrogen-bond acceptors (Lipinski definition) is 3. The molecule has 0 radical (unpaired) electrons. The number of amides is 1. The fourth-order valence-electron chi connectivity index (χ4n) is 2.20. The number of morpholine rings is 1. The van der Waals surface area contributed by atoms with Crippen molar-refractivity contribution in [2.24, 2.45) is 5.73 Å². The van der Waals surface area contributed by atoms with Gasteiger partial charge in [-0.05, 0) is 13.0 Å². The Morgan fingerprint density at radius 3 is 2.90 bits per heavy atom. The lowest BCUT2D eigenvalue weighted by molar-refractivity contribution is -0.139. The fraction of sp³-hybridized carbons (Fsp3) is 0.500. The van der Waals surface area contributed by atoms with Gasteiger partial charge in [0.25, 0.3) is 0 Å². The van der Waals surface area contributed by atoms with Gasteiger partial charge in [0.2, 0.25) is 5.91 Å². The summed E-state index contributed by atoms with van der Waals surface area (Å²) in [7, 11) is 0. The quantitative estimate of drug-likeness (QED) is 0.931. The van der Waals surface area contributed by atoms with Gasteiger partial charge in [-0.2, -0.15) is 0 Å².